The van der Waals surface area contributed by atoms with Crippen LogP contribution < -0.4 is 0 Å². The molecule has 1 unspecified atom stereocenters. The first-order valence-electron chi connectivity index (χ1n) is 8.99. The van der Waals surface area contributed by atoms with Gasteiger partial charge in [0, 0.05) is 12.4 Å². The Balaban J connectivity index is 1.79. The van der Waals surface area contributed by atoms with Crippen molar-refractivity contribution in [3.8, 4) is 0 Å². The minimum Gasteiger partial charge on any atom is -0.427 e. The van der Waals surface area contributed by atoms with Gasteiger partial charge in [0.15, 0.2) is 4.75 Å². The zero-order valence-corrected chi connectivity index (χ0v) is 17.1. The Morgan fingerprint density at radius 1 is 1.43 bits per heavy atom. The molecule has 1 aromatic rings. The van der Waals surface area contributed by atoms with E-state index in [0.29, 0.717) is 5.56 Å². The number of amides is 1. The summed E-state index contributed by atoms with van der Waals surface area (Å²) >= 11 is 1.26. The number of hydrogen-bond acceptors (Lipinski definition) is 8. The Bertz CT molecular complexity index is 778. The third-order valence-corrected chi connectivity index (χ3v) is 6.59. The van der Waals surface area contributed by atoms with Gasteiger partial charge in [-0.1, -0.05) is 6.07 Å². The lowest BCUT2D eigenvalue weighted by Crippen LogP contribution is -2.60. The van der Waals surface area contributed by atoms with Crippen LogP contribution in [0.3, 0.4) is 0 Å². The van der Waals surface area contributed by atoms with E-state index in [1.165, 1.54) is 11.8 Å². The van der Waals surface area contributed by atoms with E-state index < -0.39 is 40.9 Å². The molecule has 0 aliphatic carbocycles. The van der Waals surface area contributed by atoms with Gasteiger partial charge in [0.25, 0.3) is 0 Å². The number of aliphatic hydroxyl groups is 1. The fourth-order valence-electron chi connectivity index (χ4n) is 3.24. The summed E-state index contributed by atoms with van der Waals surface area (Å²) in [6, 6.07) is 3.45. The molecule has 0 spiro atoms. The molecular formula is C19H24N2O6S. The molecule has 1 amide bonds. The third kappa shape index (κ3) is 3.48. The molecule has 4 atom stereocenters. The molecule has 3 heterocycles. The number of esters is 2. The highest BCUT2D eigenvalue weighted by Gasteiger charge is 2.63. The highest BCUT2D eigenvalue weighted by atomic mass is 32.2. The van der Waals surface area contributed by atoms with Gasteiger partial charge in [-0.05, 0) is 39.3 Å². The van der Waals surface area contributed by atoms with E-state index in [0.717, 1.165) is 0 Å². The Morgan fingerprint density at radius 3 is 2.71 bits per heavy atom. The van der Waals surface area contributed by atoms with Crippen LogP contribution in [0, 0.1) is 11.3 Å². The molecule has 28 heavy (non-hydrogen) atoms. The SMILES string of the molecule is C[C@@H](O)[C@H]1C(=O)N2CC(C(=O)OCOC(=O)C(C)(C)C)(c3cccnc3)S[C@H]12. The smallest absolute Gasteiger partial charge is 0.331 e. The molecule has 2 aliphatic rings. The van der Waals surface area contributed by atoms with Gasteiger partial charge in [-0.2, -0.15) is 0 Å². The molecule has 8 nitrogen and oxygen atoms in total. The standard InChI is InChI=1S/C19H24N2O6S/c1-11(22)13-14(23)21-9-19(28-15(13)21,12-6-5-7-20-8-12)17(25)27-10-26-16(24)18(2,3)4/h5-8,11,13,15,22H,9-10H2,1-4H3/t11-,13+,15-,19?/m1/s1. The number of carbonyl (C=O) groups excluding carboxylic acids is 3. The van der Waals surface area contributed by atoms with Crippen molar-refractivity contribution < 1.29 is 29.0 Å². The maximum atomic E-state index is 13.0. The zero-order chi connectivity index (χ0) is 20.7. The summed E-state index contributed by atoms with van der Waals surface area (Å²) in [5.41, 5.74) is -0.115. The van der Waals surface area contributed by atoms with Gasteiger partial charge >= 0.3 is 11.9 Å². The van der Waals surface area contributed by atoms with Crippen LogP contribution >= 0.6 is 11.8 Å². The lowest BCUT2D eigenvalue weighted by molar-refractivity contribution is -0.175. The van der Waals surface area contributed by atoms with E-state index in [1.807, 2.05) is 0 Å². The summed E-state index contributed by atoms with van der Waals surface area (Å²) < 4.78 is 9.13. The Labute approximate surface area is 167 Å². The van der Waals surface area contributed by atoms with Crippen LogP contribution in [0.15, 0.2) is 24.5 Å². The number of hydrogen-bond donors (Lipinski definition) is 1. The molecule has 0 saturated carbocycles. The number of thioether (sulfide) groups is 1. The van der Waals surface area contributed by atoms with Crippen molar-refractivity contribution >= 4 is 29.6 Å². The van der Waals surface area contributed by atoms with Crippen LogP contribution in [0.25, 0.3) is 0 Å². The number of fused-ring (bicyclic) bond motifs is 1. The predicted octanol–water partition coefficient (Wildman–Crippen LogP) is 1.28. The van der Waals surface area contributed by atoms with Gasteiger partial charge in [0.1, 0.15) is 0 Å². The average molecular weight is 408 g/mol. The maximum Gasteiger partial charge on any atom is 0.331 e. The first kappa shape index (κ1) is 20.6. The van der Waals surface area contributed by atoms with Crippen molar-refractivity contribution in [2.75, 3.05) is 13.3 Å². The number of aliphatic hydroxyl groups excluding tert-OH is 1. The molecule has 152 valence electrons. The normalized spacial score (nSPS) is 27.6. The molecule has 2 aliphatic heterocycles. The largest absolute Gasteiger partial charge is 0.427 e. The molecule has 1 N–H and O–H groups in total. The van der Waals surface area contributed by atoms with Crippen LogP contribution in [-0.2, 0) is 28.6 Å². The predicted molar refractivity (Wildman–Crippen MR) is 101 cm³/mol. The van der Waals surface area contributed by atoms with Gasteiger partial charge < -0.3 is 19.5 Å². The number of β-lactam (4-membered cyclic amide) rings is 1. The van der Waals surface area contributed by atoms with Gasteiger partial charge in [-0.15, -0.1) is 11.8 Å². The van der Waals surface area contributed by atoms with Crippen LogP contribution in [-0.4, -0.2) is 57.7 Å². The van der Waals surface area contributed by atoms with Gasteiger partial charge in [0.05, 0.1) is 29.4 Å². The monoisotopic (exact) mass is 408 g/mol. The topological polar surface area (TPSA) is 106 Å². The van der Waals surface area contributed by atoms with Crippen molar-refractivity contribution in [1.82, 2.24) is 9.88 Å². The van der Waals surface area contributed by atoms with Crippen LogP contribution in [0.2, 0.25) is 0 Å². The summed E-state index contributed by atoms with van der Waals surface area (Å²) in [5, 5.41) is 9.58. The molecule has 0 bridgehead atoms. The van der Waals surface area contributed by atoms with E-state index >= 15 is 0 Å². The Hall–Kier alpha value is -2.13. The Kier molecular flexibility index (Phi) is 5.42. The van der Waals surface area contributed by atoms with Crippen molar-refractivity contribution in [1.29, 1.82) is 0 Å². The van der Waals surface area contributed by atoms with Crippen molar-refractivity contribution in [2.24, 2.45) is 11.3 Å². The minimum absolute atomic E-state index is 0.113. The summed E-state index contributed by atoms with van der Waals surface area (Å²) in [6.45, 7) is 6.28. The fraction of sp³-hybridized carbons (Fsp3) is 0.579. The third-order valence-electron chi connectivity index (χ3n) is 4.87. The average Bonchev–Trinajstić information content (AvgIpc) is 2.97. The van der Waals surface area contributed by atoms with Crippen molar-refractivity contribution in [2.45, 2.75) is 43.9 Å². The lowest BCUT2D eigenvalue weighted by Gasteiger charge is -2.42. The summed E-state index contributed by atoms with van der Waals surface area (Å²) in [7, 11) is 0. The zero-order valence-electron chi connectivity index (χ0n) is 16.2. The number of rotatable bonds is 5. The second-order valence-corrected chi connectivity index (χ2v) is 9.46. The summed E-state index contributed by atoms with van der Waals surface area (Å²) in [5.74, 6) is -1.85. The molecule has 2 fully saturated rings. The van der Waals surface area contributed by atoms with E-state index in [-0.39, 0.29) is 17.8 Å². The van der Waals surface area contributed by atoms with Crippen molar-refractivity contribution in [3.63, 3.8) is 0 Å². The van der Waals surface area contributed by atoms with Gasteiger partial charge in [-0.25, -0.2) is 4.79 Å². The first-order valence-corrected chi connectivity index (χ1v) is 9.87. The fourth-order valence-corrected chi connectivity index (χ4v) is 5.08. The second kappa shape index (κ2) is 7.36. The molecular weight excluding hydrogens is 384 g/mol. The lowest BCUT2D eigenvalue weighted by atomic mass is 9.90. The summed E-state index contributed by atoms with van der Waals surface area (Å²) in [6.07, 6.45) is 2.34. The van der Waals surface area contributed by atoms with Crippen LogP contribution in [0.1, 0.15) is 33.3 Å². The molecule has 9 heteroatoms. The van der Waals surface area contributed by atoms with Crippen LogP contribution in [0.5, 0.6) is 0 Å². The minimum atomic E-state index is -1.19. The molecule has 0 radical (unpaired) electrons. The summed E-state index contributed by atoms with van der Waals surface area (Å²) in [4.78, 5) is 42.9. The number of ether oxygens (including phenoxy) is 2. The molecule has 1 aromatic heterocycles. The maximum absolute atomic E-state index is 13.0. The van der Waals surface area contributed by atoms with Crippen molar-refractivity contribution in [3.05, 3.63) is 30.1 Å². The second-order valence-electron chi connectivity index (χ2n) is 8.04. The van der Waals surface area contributed by atoms with E-state index in [4.69, 9.17) is 9.47 Å². The van der Waals surface area contributed by atoms with Gasteiger partial charge in [0.2, 0.25) is 12.7 Å². The highest BCUT2D eigenvalue weighted by molar-refractivity contribution is 8.02. The first-order chi connectivity index (χ1) is 13.1. The number of pyridine rings is 1. The highest BCUT2D eigenvalue weighted by Crippen LogP contribution is 2.55. The molecule has 2 saturated heterocycles. The number of carbonyl (C=O) groups is 3. The Morgan fingerprint density at radius 2 is 2.14 bits per heavy atom. The quantitative estimate of drug-likeness (QED) is 0.441. The van der Waals surface area contributed by atoms with E-state index in [1.54, 1.807) is 57.1 Å². The van der Waals surface area contributed by atoms with Crippen LogP contribution in [0.4, 0.5) is 0 Å². The number of nitrogens with zero attached hydrogens (tertiary/aromatic N) is 2. The van der Waals surface area contributed by atoms with E-state index in [9.17, 15) is 19.5 Å². The number of aromatic nitrogens is 1. The van der Waals surface area contributed by atoms with E-state index in [2.05, 4.69) is 4.98 Å². The molecule has 0 aromatic carbocycles. The van der Waals surface area contributed by atoms with Gasteiger partial charge in [-0.3, -0.25) is 14.6 Å². The molecule has 3 rings (SSSR count).